The third-order valence-corrected chi connectivity index (χ3v) is 5.67. The van der Waals surface area contributed by atoms with Crippen molar-refractivity contribution in [1.82, 2.24) is 9.21 Å². The van der Waals surface area contributed by atoms with Crippen LogP contribution in [-0.2, 0) is 14.8 Å². The fourth-order valence-electron chi connectivity index (χ4n) is 2.49. The maximum absolute atomic E-state index is 14.2. The van der Waals surface area contributed by atoms with Crippen LogP contribution in [0.1, 0.15) is 10.4 Å². The Hall–Kier alpha value is -2.03. The second-order valence-corrected chi connectivity index (χ2v) is 7.36. The first-order chi connectivity index (χ1) is 11.9. The van der Waals surface area contributed by atoms with Crippen molar-refractivity contribution in [2.24, 2.45) is 0 Å². The number of amides is 1. The van der Waals surface area contributed by atoms with Gasteiger partial charge in [-0.1, -0.05) is 12.2 Å². The lowest BCUT2D eigenvalue weighted by Gasteiger charge is -2.26. The Bertz CT molecular complexity index is 748. The molecule has 8 heteroatoms. The lowest BCUT2D eigenvalue weighted by molar-refractivity contribution is 0.0729. The molecule has 1 aliphatic rings. The zero-order chi connectivity index (χ0) is 18.4. The van der Waals surface area contributed by atoms with E-state index >= 15 is 0 Å². The number of morpholine rings is 1. The lowest BCUT2D eigenvalue weighted by atomic mass is 10.2. The molecular weight excluding hydrogens is 347 g/mol. The van der Waals surface area contributed by atoms with Crippen LogP contribution >= 0.6 is 0 Å². The summed E-state index contributed by atoms with van der Waals surface area (Å²) in [6.45, 7) is 8.54. The Morgan fingerprint density at radius 1 is 1.24 bits per heavy atom. The summed E-state index contributed by atoms with van der Waals surface area (Å²) in [5.41, 5.74) is 0.0944. The molecule has 0 bridgehead atoms. The molecule has 0 N–H and O–H groups in total. The van der Waals surface area contributed by atoms with E-state index in [1.165, 1.54) is 11.0 Å². The molecule has 2 rings (SSSR count). The molecule has 1 aromatic rings. The molecule has 1 fully saturated rings. The van der Waals surface area contributed by atoms with Crippen LogP contribution in [0.4, 0.5) is 4.39 Å². The van der Waals surface area contributed by atoms with Gasteiger partial charge in [-0.3, -0.25) is 4.79 Å². The fraction of sp³-hybridized carbons (Fsp3) is 0.353. The minimum Gasteiger partial charge on any atom is -0.379 e. The molecule has 25 heavy (non-hydrogen) atoms. The van der Waals surface area contributed by atoms with Crippen molar-refractivity contribution in [3.05, 3.63) is 54.9 Å². The SMILES string of the molecule is C=CCN(CC=C)C(=O)c1ccc(F)c(S(=O)(=O)N2CCOCC2)c1. The van der Waals surface area contributed by atoms with E-state index in [1.54, 1.807) is 12.2 Å². The Balaban J connectivity index is 2.37. The smallest absolute Gasteiger partial charge is 0.254 e. The normalized spacial score (nSPS) is 15.6. The second kappa shape index (κ2) is 8.37. The van der Waals surface area contributed by atoms with Gasteiger partial charge < -0.3 is 9.64 Å². The van der Waals surface area contributed by atoms with Crippen molar-refractivity contribution in [3.8, 4) is 0 Å². The molecule has 1 heterocycles. The Kier molecular flexibility index (Phi) is 6.46. The van der Waals surface area contributed by atoms with Gasteiger partial charge in [-0.2, -0.15) is 4.31 Å². The van der Waals surface area contributed by atoms with E-state index in [2.05, 4.69) is 13.2 Å². The van der Waals surface area contributed by atoms with Gasteiger partial charge in [0.05, 0.1) is 13.2 Å². The van der Waals surface area contributed by atoms with Crippen molar-refractivity contribution < 1.29 is 22.3 Å². The highest BCUT2D eigenvalue weighted by atomic mass is 32.2. The molecule has 1 amide bonds. The van der Waals surface area contributed by atoms with Gasteiger partial charge >= 0.3 is 0 Å². The number of carbonyl (C=O) groups is 1. The zero-order valence-electron chi connectivity index (χ0n) is 13.9. The summed E-state index contributed by atoms with van der Waals surface area (Å²) < 4.78 is 45.8. The Labute approximate surface area is 147 Å². The molecule has 0 atom stereocenters. The number of sulfonamides is 1. The van der Waals surface area contributed by atoms with Crippen LogP contribution in [-0.4, -0.2) is 62.9 Å². The number of rotatable bonds is 7. The fourth-order valence-corrected chi connectivity index (χ4v) is 3.99. The van der Waals surface area contributed by atoms with Crippen LogP contribution in [0.2, 0.25) is 0 Å². The van der Waals surface area contributed by atoms with E-state index in [9.17, 15) is 17.6 Å². The van der Waals surface area contributed by atoms with Gasteiger partial charge in [0.25, 0.3) is 5.91 Å². The first kappa shape index (κ1) is 19.3. The van der Waals surface area contributed by atoms with E-state index in [0.717, 1.165) is 16.4 Å². The average Bonchev–Trinajstić information content (AvgIpc) is 2.62. The predicted molar refractivity (Wildman–Crippen MR) is 92.3 cm³/mol. The summed E-state index contributed by atoms with van der Waals surface area (Å²) in [5.74, 6) is -1.31. The molecule has 136 valence electrons. The van der Waals surface area contributed by atoms with Crippen molar-refractivity contribution >= 4 is 15.9 Å². The number of ether oxygens (including phenoxy) is 1. The number of hydrogen-bond donors (Lipinski definition) is 0. The van der Waals surface area contributed by atoms with E-state index in [4.69, 9.17) is 4.74 Å². The summed E-state index contributed by atoms with van der Waals surface area (Å²) in [6, 6.07) is 3.36. The van der Waals surface area contributed by atoms with E-state index in [0.29, 0.717) is 0 Å². The van der Waals surface area contributed by atoms with E-state index < -0.39 is 26.6 Å². The van der Waals surface area contributed by atoms with E-state index in [1.807, 2.05) is 0 Å². The van der Waals surface area contributed by atoms with Crippen LogP contribution in [0.3, 0.4) is 0 Å². The minimum atomic E-state index is -4.03. The van der Waals surface area contributed by atoms with Crippen LogP contribution < -0.4 is 0 Å². The molecule has 0 unspecified atom stereocenters. The second-order valence-electron chi connectivity index (χ2n) is 5.45. The maximum Gasteiger partial charge on any atom is 0.254 e. The Morgan fingerprint density at radius 2 is 1.84 bits per heavy atom. The van der Waals surface area contributed by atoms with Crippen LogP contribution in [0.25, 0.3) is 0 Å². The number of carbonyl (C=O) groups excluding carboxylic acids is 1. The van der Waals surface area contributed by atoms with Crippen molar-refractivity contribution in [1.29, 1.82) is 0 Å². The number of benzene rings is 1. The number of halogens is 1. The highest BCUT2D eigenvalue weighted by molar-refractivity contribution is 7.89. The first-order valence-corrected chi connectivity index (χ1v) is 9.24. The highest BCUT2D eigenvalue weighted by Gasteiger charge is 2.30. The van der Waals surface area contributed by atoms with Gasteiger partial charge in [-0.05, 0) is 18.2 Å². The molecule has 0 aliphatic carbocycles. The predicted octanol–water partition coefficient (Wildman–Crippen LogP) is 1.66. The molecule has 0 saturated carbocycles. The largest absolute Gasteiger partial charge is 0.379 e. The van der Waals surface area contributed by atoms with Crippen LogP contribution in [0, 0.1) is 5.82 Å². The summed E-state index contributed by atoms with van der Waals surface area (Å²) in [5, 5.41) is 0. The first-order valence-electron chi connectivity index (χ1n) is 7.80. The van der Waals surface area contributed by atoms with Gasteiger partial charge in [-0.15, -0.1) is 13.2 Å². The summed E-state index contributed by atoms with van der Waals surface area (Å²) in [4.78, 5) is 13.5. The highest BCUT2D eigenvalue weighted by Crippen LogP contribution is 2.22. The third-order valence-electron chi connectivity index (χ3n) is 3.75. The van der Waals surface area contributed by atoms with Crippen LogP contribution in [0.15, 0.2) is 48.4 Å². The van der Waals surface area contributed by atoms with Crippen molar-refractivity contribution in [2.75, 3.05) is 39.4 Å². The maximum atomic E-state index is 14.2. The summed E-state index contributed by atoms with van der Waals surface area (Å²) in [7, 11) is -4.03. The van der Waals surface area contributed by atoms with Crippen LogP contribution in [0.5, 0.6) is 0 Å². The number of nitrogens with zero attached hydrogens (tertiary/aromatic N) is 2. The lowest BCUT2D eigenvalue weighted by Crippen LogP contribution is -2.41. The minimum absolute atomic E-state index is 0.0944. The molecular formula is C17H21FN2O4S. The zero-order valence-corrected chi connectivity index (χ0v) is 14.7. The molecule has 0 aromatic heterocycles. The van der Waals surface area contributed by atoms with Crippen molar-refractivity contribution in [2.45, 2.75) is 4.90 Å². The molecule has 1 aliphatic heterocycles. The Morgan fingerprint density at radius 3 is 2.40 bits per heavy atom. The quantitative estimate of drug-likeness (QED) is 0.687. The third kappa shape index (κ3) is 4.33. The molecule has 1 saturated heterocycles. The monoisotopic (exact) mass is 368 g/mol. The molecule has 1 aromatic carbocycles. The molecule has 0 spiro atoms. The number of hydrogen-bond acceptors (Lipinski definition) is 4. The van der Waals surface area contributed by atoms with Gasteiger partial charge in [-0.25, -0.2) is 12.8 Å². The standard InChI is InChI=1S/C17H21FN2O4S/c1-3-7-19(8-4-2)17(21)14-5-6-15(18)16(13-14)25(22,23)20-9-11-24-12-10-20/h3-6,13H,1-2,7-12H2. The van der Waals surface area contributed by atoms with Gasteiger partial charge in [0.1, 0.15) is 10.7 Å². The topological polar surface area (TPSA) is 66.9 Å². The molecule has 0 radical (unpaired) electrons. The average molecular weight is 368 g/mol. The van der Waals surface area contributed by atoms with Gasteiger partial charge in [0.15, 0.2) is 0 Å². The molecule has 6 nitrogen and oxygen atoms in total. The van der Waals surface area contributed by atoms with Gasteiger partial charge in [0.2, 0.25) is 10.0 Å². The van der Waals surface area contributed by atoms with Gasteiger partial charge in [0, 0.05) is 31.7 Å². The van der Waals surface area contributed by atoms with E-state index in [-0.39, 0.29) is 45.0 Å². The summed E-state index contributed by atoms with van der Waals surface area (Å²) in [6.07, 6.45) is 3.10. The summed E-state index contributed by atoms with van der Waals surface area (Å²) >= 11 is 0. The van der Waals surface area contributed by atoms with Crippen molar-refractivity contribution in [3.63, 3.8) is 0 Å².